The van der Waals surface area contributed by atoms with Gasteiger partial charge in [0.05, 0.1) is 6.54 Å². The van der Waals surface area contributed by atoms with E-state index in [9.17, 15) is 43.8 Å². The van der Waals surface area contributed by atoms with Gasteiger partial charge in [-0.1, -0.05) is 82.3 Å². The van der Waals surface area contributed by atoms with Crippen LogP contribution in [0.2, 0.25) is 0 Å². The third kappa shape index (κ3) is 12.4. The highest BCUT2D eigenvalue weighted by Crippen LogP contribution is 2.25. The molecule has 3 aromatic rings. The summed E-state index contributed by atoms with van der Waals surface area (Å²) in [4.78, 5) is 106. The van der Waals surface area contributed by atoms with Crippen molar-refractivity contribution in [3.05, 3.63) is 95.6 Å². The maximum absolute atomic E-state index is 14.8. The average Bonchev–Trinajstić information content (AvgIpc) is 3.75. The molecule has 2 heterocycles. The second-order valence-electron chi connectivity index (χ2n) is 17.8. The van der Waals surface area contributed by atoms with Crippen LogP contribution in [0.1, 0.15) is 63.6 Å². The van der Waals surface area contributed by atoms with Crippen LogP contribution in [-0.2, 0) is 52.8 Å². The maximum atomic E-state index is 14.8. The van der Waals surface area contributed by atoms with Gasteiger partial charge in [0.1, 0.15) is 47.8 Å². The van der Waals surface area contributed by atoms with Gasteiger partial charge in [0.15, 0.2) is 0 Å². The largest absolute Gasteiger partial charge is 0.508 e. The van der Waals surface area contributed by atoms with Crippen molar-refractivity contribution in [1.82, 2.24) is 35.6 Å². The first-order chi connectivity index (χ1) is 30.3. The summed E-state index contributed by atoms with van der Waals surface area (Å²) >= 11 is 0. The van der Waals surface area contributed by atoms with E-state index >= 15 is 0 Å². The van der Waals surface area contributed by atoms with Crippen LogP contribution in [-0.4, -0.2) is 142 Å². The van der Waals surface area contributed by atoms with Crippen LogP contribution in [0.4, 0.5) is 0 Å². The molecule has 344 valence electrons. The van der Waals surface area contributed by atoms with E-state index in [1.807, 2.05) is 19.9 Å². The van der Waals surface area contributed by atoms with Crippen molar-refractivity contribution in [3.8, 4) is 11.5 Å². The molecular weight excluding hydrogens is 819 g/mol. The number of nitrogens with one attached hydrogen (secondary N) is 3. The highest BCUT2D eigenvalue weighted by Gasteiger charge is 2.43. The van der Waals surface area contributed by atoms with Crippen LogP contribution in [0, 0.1) is 11.8 Å². The predicted octanol–water partition coefficient (Wildman–Crippen LogP) is 2.40. The first-order valence-electron chi connectivity index (χ1n) is 21.9. The Kier molecular flexibility index (Phi) is 16.5. The molecule has 0 aromatic heterocycles. The molecule has 0 bridgehead atoms. The van der Waals surface area contributed by atoms with Crippen molar-refractivity contribution in [2.45, 2.75) is 102 Å². The maximum Gasteiger partial charge on any atom is 0.246 e. The minimum atomic E-state index is -1.22. The number of phenols is 2. The van der Waals surface area contributed by atoms with Crippen LogP contribution in [0.5, 0.6) is 11.5 Å². The van der Waals surface area contributed by atoms with Gasteiger partial charge in [-0.2, -0.15) is 0 Å². The van der Waals surface area contributed by atoms with Crippen molar-refractivity contribution in [2.75, 3.05) is 34.2 Å². The van der Waals surface area contributed by atoms with Crippen molar-refractivity contribution >= 4 is 41.4 Å². The minimum absolute atomic E-state index is 0.00278. The Balaban J connectivity index is 1.60. The summed E-state index contributed by atoms with van der Waals surface area (Å²) in [7, 11) is 4.38. The Morgan fingerprint density at radius 3 is 1.69 bits per heavy atom. The van der Waals surface area contributed by atoms with Crippen LogP contribution in [0.15, 0.2) is 78.9 Å². The zero-order chi connectivity index (χ0) is 46.8. The van der Waals surface area contributed by atoms with Crippen molar-refractivity contribution in [2.24, 2.45) is 11.8 Å². The van der Waals surface area contributed by atoms with Gasteiger partial charge < -0.3 is 45.8 Å². The second-order valence-corrected chi connectivity index (χ2v) is 17.8. The summed E-state index contributed by atoms with van der Waals surface area (Å²) in [5, 5.41) is 28.6. The number of nitrogens with zero attached hydrogens (tertiary/aromatic N) is 4. The first-order valence-corrected chi connectivity index (χ1v) is 21.9. The molecule has 0 radical (unpaired) electrons. The number of rotatable bonds is 9. The Bertz CT molecular complexity index is 2130. The van der Waals surface area contributed by atoms with Gasteiger partial charge >= 0.3 is 0 Å². The molecule has 6 atom stereocenters. The molecule has 7 amide bonds. The van der Waals surface area contributed by atoms with Gasteiger partial charge in [-0.15, -0.1) is 0 Å². The van der Waals surface area contributed by atoms with Gasteiger partial charge in [-0.25, -0.2) is 0 Å². The molecule has 16 heteroatoms. The fourth-order valence-corrected chi connectivity index (χ4v) is 8.36. The van der Waals surface area contributed by atoms with Crippen LogP contribution in [0.3, 0.4) is 0 Å². The van der Waals surface area contributed by atoms with E-state index < -0.39 is 90.1 Å². The molecule has 3 aromatic carbocycles. The number of carbonyl (C=O) groups excluding carboxylic acids is 7. The van der Waals surface area contributed by atoms with E-state index in [2.05, 4.69) is 16.0 Å². The minimum Gasteiger partial charge on any atom is -0.508 e. The number of hydrogen-bond donors (Lipinski definition) is 5. The average molecular weight is 882 g/mol. The van der Waals surface area contributed by atoms with Crippen LogP contribution >= 0.6 is 0 Å². The number of aromatic hydroxyl groups is 2. The third-order valence-electron chi connectivity index (χ3n) is 12.0. The second kappa shape index (κ2) is 21.8. The molecule has 2 saturated heterocycles. The molecular formula is C48H63N7O9. The first kappa shape index (κ1) is 48.6. The summed E-state index contributed by atoms with van der Waals surface area (Å²) < 4.78 is 0. The summed E-state index contributed by atoms with van der Waals surface area (Å²) in [5.74, 6) is -4.72. The molecule has 2 fully saturated rings. The monoisotopic (exact) mass is 881 g/mol. The van der Waals surface area contributed by atoms with Crippen molar-refractivity contribution < 1.29 is 43.8 Å². The molecule has 64 heavy (non-hydrogen) atoms. The van der Waals surface area contributed by atoms with Gasteiger partial charge in [0, 0.05) is 47.0 Å². The number of hydrogen-bond acceptors (Lipinski definition) is 9. The van der Waals surface area contributed by atoms with E-state index in [0.29, 0.717) is 24.0 Å². The molecule has 0 spiro atoms. The van der Waals surface area contributed by atoms with E-state index in [0.717, 1.165) is 5.56 Å². The van der Waals surface area contributed by atoms with Crippen molar-refractivity contribution in [1.29, 1.82) is 0 Å². The number of fused-ring (bicyclic) bond motifs is 1. The van der Waals surface area contributed by atoms with E-state index in [1.54, 1.807) is 62.4 Å². The van der Waals surface area contributed by atoms with Gasteiger partial charge in [-0.3, -0.25) is 33.6 Å². The van der Waals surface area contributed by atoms with E-state index in [4.69, 9.17) is 0 Å². The normalized spacial score (nSPS) is 23.8. The topological polar surface area (TPSA) is 209 Å². The van der Waals surface area contributed by atoms with Gasteiger partial charge in [0.2, 0.25) is 41.4 Å². The molecule has 5 N–H and O–H groups in total. The lowest BCUT2D eigenvalue weighted by atomic mass is 9.97. The summed E-state index contributed by atoms with van der Waals surface area (Å²) in [6.45, 7) is 7.03. The van der Waals surface area contributed by atoms with Gasteiger partial charge in [0.25, 0.3) is 0 Å². The summed E-state index contributed by atoms with van der Waals surface area (Å²) in [6, 6.07) is 14.6. The summed E-state index contributed by atoms with van der Waals surface area (Å²) in [5.41, 5.74) is 1.95. The van der Waals surface area contributed by atoms with E-state index in [-0.39, 0.29) is 49.6 Å². The molecule has 16 nitrogen and oxygen atoms in total. The fourth-order valence-electron chi connectivity index (χ4n) is 8.36. The highest BCUT2D eigenvalue weighted by molar-refractivity contribution is 5.98. The Labute approximate surface area is 375 Å². The lowest BCUT2D eigenvalue weighted by molar-refractivity contribution is -0.150. The number of amides is 7. The zero-order valence-electron chi connectivity index (χ0n) is 37.8. The van der Waals surface area contributed by atoms with E-state index in [1.165, 1.54) is 65.0 Å². The third-order valence-corrected chi connectivity index (χ3v) is 12.0. The number of carbonyl (C=O) groups is 7. The lowest BCUT2D eigenvalue weighted by Gasteiger charge is -2.36. The smallest absolute Gasteiger partial charge is 0.246 e. The highest BCUT2D eigenvalue weighted by atomic mass is 16.3. The number of likely N-dealkylation sites (N-methyl/N-ethyl adjacent to an activating group) is 3. The molecule has 2 aliphatic heterocycles. The predicted molar refractivity (Wildman–Crippen MR) is 239 cm³/mol. The van der Waals surface area contributed by atoms with Crippen molar-refractivity contribution in [3.63, 3.8) is 0 Å². The molecule has 0 unspecified atom stereocenters. The Morgan fingerprint density at radius 1 is 0.594 bits per heavy atom. The number of benzene rings is 3. The Morgan fingerprint density at radius 2 is 1.12 bits per heavy atom. The molecule has 2 aliphatic rings. The molecule has 5 rings (SSSR count). The quantitative estimate of drug-likeness (QED) is 0.214. The number of phenolic OH excluding ortho intramolecular Hbond substituents is 2. The zero-order valence-corrected chi connectivity index (χ0v) is 37.8. The Hall–Kier alpha value is -6.45. The molecule has 0 aliphatic carbocycles. The van der Waals surface area contributed by atoms with Crippen LogP contribution in [0.25, 0.3) is 0 Å². The van der Waals surface area contributed by atoms with Gasteiger partial charge in [-0.05, 0) is 72.1 Å². The standard InChI is InChI=1S/C48H63N7O9/c1-29(2)24-36-45(61)54(7)40(27-33-17-21-35(57)22-18-33)48(64)55-23-11-14-38(55)47(63)52(5)28-41(58)49-37(25-31-12-9-8-10-13-31)46(62)53(6)39(26-32-15-19-34(56)20-16-32)43(59)51-42(30(3)4)44(60)50-36/h8-10,12-13,15-22,29-30,36-40,42,56-57H,11,14,23-28H2,1-7H3,(H,49,58)(H,50,60)(H,51,59)/t36-,37-,38-,39-,40+,42-/m0/s1. The lowest BCUT2D eigenvalue weighted by Crippen LogP contribution is -2.61. The summed E-state index contributed by atoms with van der Waals surface area (Å²) in [6.07, 6.45) is 1.03. The van der Waals surface area contributed by atoms with Crippen LogP contribution < -0.4 is 16.0 Å². The SMILES string of the molecule is CC(C)C[C@@H]1NC(=O)[C@H](C(C)C)NC(=O)[C@H](Cc2ccc(O)cc2)N(C)C(=O)[C@H](Cc2ccccc2)NC(=O)CN(C)C(=O)[C@@H]2CCCN2C(=O)[C@@H](Cc2ccc(O)cc2)N(C)C1=O. The molecule has 0 saturated carbocycles. The fraction of sp³-hybridized carbons (Fsp3) is 0.479.